The molecule has 1 atom stereocenters. The third-order valence-electron chi connectivity index (χ3n) is 4.45. The first kappa shape index (κ1) is 19.2. The van der Waals surface area contributed by atoms with E-state index in [1.165, 1.54) is 11.8 Å². The van der Waals surface area contributed by atoms with Crippen molar-refractivity contribution in [2.75, 3.05) is 25.6 Å². The highest BCUT2D eigenvalue weighted by molar-refractivity contribution is 8.00. The summed E-state index contributed by atoms with van der Waals surface area (Å²) >= 11 is 1.47. The quantitative estimate of drug-likeness (QED) is 0.587. The maximum atomic E-state index is 13.2. The van der Waals surface area contributed by atoms with Gasteiger partial charge in [-0.05, 0) is 35.9 Å². The number of rotatable bonds is 6. The molecule has 0 spiro atoms. The Bertz CT molecular complexity index is 993. The average molecular weight is 407 g/mol. The number of hydrogen-bond acceptors (Lipinski definition) is 5. The number of thioether (sulfide) groups is 1. The molecule has 0 aromatic heterocycles. The molecule has 0 bridgehead atoms. The molecule has 6 heteroatoms. The van der Waals surface area contributed by atoms with Gasteiger partial charge in [0, 0.05) is 16.6 Å². The summed E-state index contributed by atoms with van der Waals surface area (Å²) in [4.78, 5) is 14.1. The van der Waals surface area contributed by atoms with E-state index in [4.69, 9.17) is 14.2 Å². The van der Waals surface area contributed by atoms with Crippen LogP contribution in [0.2, 0.25) is 0 Å². The minimum Gasteiger partial charge on any atom is -0.497 e. The normalized spacial score (nSPS) is 13.4. The van der Waals surface area contributed by atoms with Crippen LogP contribution in [0.3, 0.4) is 0 Å². The molecule has 5 nitrogen and oxygen atoms in total. The van der Waals surface area contributed by atoms with Crippen LogP contribution in [0.25, 0.3) is 0 Å². The number of benzene rings is 3. The number of carbonyl (C=O) groups excluding carboxylic acids is 1. The van der Waals surface area contributed by atoms with E-state index in [9.17, 15) is 4.79 Å². The van der Waals surface area contributed by atoms with Gasteiger partial charge in [0.1, 0.15) is 24.2 Å². The van der Waals surface area contributed by atoms with Crippen molar-refractivity contribution in [3.63, 3.8) is 0 Å². The highest BCUT2D eigenvalue weighted by Gasteiger charge is 2.23. The monoisotopic (exact) mass is 407 g/mol. The summed E-state index contributed by atoms with van der Waals surface area (Å²) in [6, 6.07) is 22.8. The molecule has 0 saturated heterocycles. The summed E-state index contributed by atoms with van der Waals surface area (Å²) in [6.07, 6.45) is 0. The van der Waals surface area contributed by atoms with Crippen LogP contribution >= 0.6 is 11.8 Å². The van der Waals surface area contributed by atoms with Crippen LogP contribution < -0.4 is 19.5 Å². The number of anilines is 1. The van der Waals surface area contributed by atoms with Crippen LogP contribution in [0.1, 0.15) is 10.8 Å². The standard InChI is InChI=1S/C23H21NO4S/c1-26-18-9-5-8-17(14-18)24-23(25)22(16-6-3-2-4-7-16)29-19-10-11-20-21(15-19)28-13-12-27-20/h2-11,14-15,22H,12-13H2,1H3,(H,24,25)/t22-/m0/s1. The minimum absolute atomic E-state index is 0.107. The molecule has 3 aromatic rings. The molecule has 1 amide bonds. The number of carbonyl (C=O) groups is 1. The largest absolute Gasteiger partial charge is 0.497 e. The van der Waals surface area contributed by atoms with Crippen molar-refractivity contribution in [2.24, 2.45) is 0 Å². The predicted molar refractivity (Wildman–Crippen MR) is 114 cm³/mol. The van der Waals surface area contributed by atoms with Crippen LogP contribution in [0.15, 0.2) is 77.7 Å². The zero-order chi connectivity index (χ0) is 20.1. The Morgan fingerprint density at radius 3 is 2.55 bits per heavy atom. The van der Waals surface area contributed by atoms with Crippen molar-refractivity contribution in [2.45, 2.75) is 10.1 Å². The van der Waals surface area contributed by atoms with Crippen LogP contribution in [0.4, 0.5) is 5.69 Å². The molecule has 29 heavy (non-hydrogen) atoms. The molecule has 0 unspecified atom stereocenters. The Kier molecular flexibility index (Phi) is 5.91. The van der Waals surface area contributed by atoms with Gasteiger partial charge in [-0.25, -0.2) is 0 Å². The van der Waals surface area contributed by atoms with Crippen molar-refractivity contribution in [3.8, 4) is 17.2 Å². The van der Waals surface area contributed by atoms with Crippen molar-refractivity contribution < 1.29 is 19.0 Å². The number of amides is 1. The lowest BCUT2D eigenvalue weighted by Crippen LogP contribution is -2.19. The van der Waals surface area contributed by atoms with Gasteiger partial charge < -0.3 is 19.5 Å². The van der Waals surface area contributed by atoms with Crippen molar-refractivity contribution in [1.82, 2.24) is 0 Å². The van der Waals surface area contributed by atoms with E-state index in [2.05, 4.69) is 5.32 Å². The van der Waals surface area contributed by atoms with Crippen molar-refractivity contribution in [1.29, 1.82) is 0 Å². The molecule has 1 aliphatic heterocycles. The first-order chi connectivity index (χ1) is 14.2. The third kappa shape index (κ3) is 4.66. The maximum Gasteiger partial charge on any atom is 0.242 e. The molecular weight excluding hydrogens is 386 g/mol. The molecular formula is C23H21NO4S. The zero-order valence-electron chi connectivity index (χ0n) is 16.0. The van der Waals surface area contributed by atoms with Gasteiger partial charge in [-0.2, -0.15) is 0 Å². The topological polar surface area (TPSA) is 56.8 Å². The van der Waals surface area contributed by atoms with Gasteiger partial charge in [-0.3, -0.25) is 4.79 Å². The van der Waals surface area contributed by atoms with Gasteiger partial charge >= 0.3 is 0 Å². The molecule has 0 fully saturated rings. The van der Waals surface area contributed by atoms with E-state index in [0.29, 0.717) is 30.4 Å². The zero-order valence-corrected chi connectivity index (χ0v) is 16.8. The molecule has 1 N–H and O–H groups in total. The molecule has 1 heterocycles. The molecule has 0 radical (unpaired) electrons. The van der Waals surface area contributed by atoms with Crippen LogP contribution in [-0.4, -0.2) is 26.2 Å². The van der Waals surface area contributed by atoms with Crippen LogP contribution in [-0.2, 0) is 4.79 Å². The fraction of sp³-hybridized carbons (Fsp3) is 0.174. The lowest BCUT2D eigenvalue weighted by Gasteiger charge is -2.21. The summed E-state index contributed by atoms with van der Waals surface area (Å²) in [7, 11) is 1.60. The average Bonchev–Trinajstić information content (AvgIpc) is 2.78. The molecule has 0 saturated carbocycles. The fourth-order valence-corrected chi connectivity index (χ4v) is 4.10. The van der Waals surface area contributed by atoms with Gasteiger partial charge in [0.15, 0.2) is 11.5 Å². The van der Waals surface area contributed by atoms with E-state index in [0.717, 1.165) is 16.2 Å². The number of nitrogens with one attached hydrogen (secondary N) is 1. The van der Waals surface area contributed by atoms with Crippen molar-refractivity contribution >= 4 is 23.4 Å². The highest BCUT2D eigenvalue weighted by atomic mass is 32.2. The second-order valence-corrected chi connectivity index (χ2v) is 7.61. The van der Waals surface area contributed by atoms with E-state index in [1.54, 1.807) is 13.2 Å². The second-order valence-electron chi connectivity index (χ2n) is 6.44. The lowest BCUT2D eigenvalue weighted by molar-refractivity contribution is -0.115. The number of fused-ring (bicyclic) bond motifs is 1. The smallest absolute Gasteiger partial charge is 0.242 e. The Hall–Kier alpha value is -3.12. The second kappa shape index (κ2) is 8.92. The summed E-state index contributed by atoms with van der Waals surface area (Å²) < 4.78 is 16.5. The minimum atomic E-state index is -0.426. The lowest BCUT2D eigenvalue weighted by atomic mass is 10.1. The SMILES string of the molecule is COc1cccc(NC(=O)[C@@H](Sc2ccc3c(c2)OCCO3)c2ccccc2)c1. The summed E-state index contributed by atoms with van der Waals surface area (Å²) in [5.74, 6) is 2.03. The van der Waals surface area contributed by atoms with Gasteiger partial charge in [-0.15, -0.1) is 11.8 Å². The number of methoxy groups -OCH3 is 1. The maximum absolute atomic E-state index is 13.2. The molecule has 4 rings (SSSR count). The van der Waals surface area contributed by atoms with Gasteiger partial charge in [0.2, 0.25) is 5.91 Å². The molecule has 148 valence electrons. The van der Waals surface area contributed by atoms with E-state index < -0.39 is 5.25 Å². The van der Waals surface area contributed by atoms with Crippen molar-refractivity contribution in [3.05, 3.63) is 78.4 Å². The predicted octanol–water partition coefficient (Wildman–Crippen LogP) is 4.94. The Morgan fingerprint density at radius 2 is 1.76 bits per heavy atom. The summed E-state index contributed by atoms with van der Waals surface area (Å²) in [6.45, 7) is 1.08. The van der Waals surface area contributed by atoms with E-state index >= 15 is 0 Å². The molecule has 1 aliphatic rings. The van der Waals surface area contributed by atoms with Crippen LogP contribution in [0.5, 0.6) is 17.2 Å². The Labute approximate surface area is 174 Å². The highest BCUT2D eigenvalue weighted by Crippen LogP contribution is 2.40. The summed E-state index contributed by atoms with van der Waals surface area (Å²) in [5.41, 5.74) is 1.62. The van der Waals surface area contributed by atoms with Gasteiger partial charge in [-0.1, -0.05) is 36.4 Å². The number of hydrogen-bond donors (Lipinski definition) is 1. The van der Waals surface area contributed by atoms with E-state index in [1.807, 2.05) is 66.7 Å². The first-order valence-corrected chi connectivity index (χ1v) is 10.2. The Morgan fingerprint density at radius 1 is 0.966 bits per heavy atom. The third-order valence-corrected chi connectivity index (χ3v) is 5.69. The van der Waals surface area contributed by atoms with Gasteiger partial charge in [0.05, 0.1) is 7.11 Å². The number of ether oxygens (including phenoxy) is 3. The van der Waals surface area contributed by atoms with E-state index in [-0.39, 0.29) is 5.91 Å². The van der Waals surface area contributed by atoms with Crippen LogP contribution in [0, 0.1) is 0 Å². The first-order valence-electron chi connectivity index (χ1n) is 9.29. The van der Waals surface area contributed by atoms with Gasteiger partial charge in [0.25, 0.3) is 0 Å². The molecule has 0 aliphatic carbocycles. The Balaban J connectivity index is 1.59. The molecule has 3 aromatic carbocycles. The fourth-order valence-electron chi connectivity index (χ4n) is 3.04. The summed E-state index contributed by atoms with van der Waals surface area (Å²) in [5, 5.41) is 2.58.